The first-order valence-electron chi connectivity index (χ1n) is 6.68. The van der Waals surface area contributed by atoms with Crippen molar-refractivity contribution in [2.24, 2.45) is 5.41 Å². The van der Waals surface area contributed by atoms with Gasteiger partial charge >= 0.3 is 0 Å². The maximum absolute atomic E-state index is 12.0. The quantitative estimate of drug-likeness (QED) is 0.940. The van der Waals surface area contributed by atoms with E-state index in [1.165, 1.54) is 0 Å². The normalized spacial score (nSPS) is 13.0. The molecule has 0 fully saturated rings. The van der Waals surface area contributed by atoms with Gasteiger partial charge in [0, 0.05) is 11.0 Å². The molecule has 1 atom stereocenters. The van der Waals surface area contributed by atoms with Crippen LogP contribution in [-0.2, 0) is 4.79 Å². The van der Waals surface area contributed by atoms with Crippen molar-refractivity contribution in [3.63, 3.8) is 0 Å². The second kappa shape index (κ2) is 5.85. The summed E-state index contributed by atoms with van der Waals surface area (Å²) in [7, 11) is 0. The van der Waals surface area contributed by atoms with Crippen LogP contribution in [-0.4, -0.2) is 16.0 Å². The van der Waals surface area contributed by atoms with Gasteiger partial charge in [-0.3, -0.25) is 4.79 Å². The molecule has 1 N–H and O–H groups in total. The molecule has 112 valence electrons. The van der Waals surface area contributed by atoms with Crippen LogP contribution in [0.5, 0.6) is 0 Å². The maximum Gasteiger partial charge on any atom is 0.249 e. The SMILES string of the molecule is C[C@H](NC(=O)C(C)(C)C)c1nc(-c2ccccc2Cl)no1. The zero-order valence-electron chi connectivity index (χ0n) is 12.5. The Morgan fingerprint density at radius 3 is 2.62 bits per heavy atom. The lowest BCUT2D eigenvalue weighted by atomic mass is 9.95. The number of nitrogens with one attached hydrogen (secondary N) is 1. The number of carbonyl (C=O) groups is 1. The van der Waals surface area contributed by atoms with E-state index in [2.05, 4.69) is 15.5 Å². The lowest BCUT2D eigenvalue weighted by molar-refractivity contribution is -0.129. The molecule has 1 aromatic carbocycles. The van der Waals surface area contributed by atoms with Crippen LogP contribution in [0.2, 0.25) is 5.02 Å². The second-order valence-electron chi connectivity index (χ2n) is 5.88. The molecule has 2 rings (SSSR count). The number of nitrogens with zero attached hydrogens (tertiary/aromatic N) is 2. The van der Waals surface area contributed by atoms with Gasteiger partial charge in [0.2, 0.25) is 17.6 Å². The Balaban J connectivity index is 2.17. The molecule has 0 bridgehead atoms. The van der Waals surface area contributed by atoms with Crippen LogP contribution in [0.25, 0.3) is 11.4 Å². The molecule has 0 saturated carbocycles. The highest BCUT2D eigenvalue weighted by Crippen LogP contribution is 2.26. The molecule has 1 amide bonds. The fourth-order valence-corrected chi connectivity index (χ4v) is 1.86. The molecule has 5 nitrogen and oxygen atoms in total. The van der Waals surface area contributed by atoms with Gasteiger partial charge in [0.05, 0.1) is 5.02 Å². The molecule has 0 spiro atoms. The first kappa shape index (κ1) is 15.5. The molecular formula is C15H18ClN3O2. The predicted octanol–water partition coefficient (Wildman–Crippen LogP) is 3.61. The highest BCUT2D eigenvalue weighted by Gasteiger charge is 2.25. The maximum atomic E-state index is 12.0. The Kier molecular flexibility index (Phi) is 4.32. The van der Waals surface area contributed by atoms with E-state index in [9.17, 15) is 4.79 Å². The van der Waals surface area contributed by atoms with Gasteiger partial charge in [-0.15, -0.1) is 0 Å². The summed E-state index contributed by atoms with van der Waals surface area (Å²) < 4.78 is 5.21. The minimum absolute atomic E-state index is 0.0764. The average molecular weight is 308 g/mol. The number of halogens is 1. The summed E-state index contributed by atoms with van der Waals surface area (Å²) >= 11 is 6.10. The highest BCUT2D eigenvalue weighted by atomic mass is 35.5. The number of rotatable bonds is 3. The molecule has 21 heavy (non-hydrogen) atoms. The first-order chi connectivity index (χ1) is 9.79. The number of aromatic nitrogens is 2. The van der Waals surface area contributed by atoms with E-state index >= 15 is 0 Å². The lowest BCUT2D eigenvalue weighted by Gasteiger charge is -2.19. The summed E-state index contributed by atoms with van der Waals surface area (Å²) in [5.74, 6) is 0.683. The standard InChI is InChI=1S/C15H18ClN3O2/c1-9(17-14(20)15(2,3)4)13-18-12(19-21-13)10-7-5-6-8-11(10)16/h5-9H,1-4H3,(H,17,20)/t9-/m0/s1. The molecule has 1 heterocycles. The minimum atomic E-state index is -0.472. The summed E-state index contributed by atoms with van der Waals surface area (Å²) in [4.78, 5) is 16.3. The Bertz CT molecular complexity index is 646. The van der Waals surface area contributed by atoms with Gasteiger partial charge in [0.1, 0.15) is 6.04 Å². The van der Waals surface area contributed by atoms with E-state index in [0.29, 0.717) is 22.3 Å². The number of hydrogen-bond donors (Lipinski definition) is 1. The Hall–Kier alpha value is -1.88. The fourth-order valence-electron chi connectivity index (χ4n) is 1.64. The molecule has 0 radical (unpaired) electrons. The third-order valence-corrected chi connectivity index (χ3v) is 3.29. The van der Waals surface area contributed by atoms with Gasteiger partial charge in [-0.2, -0.15) is 4.98 Å². The van der Waals surface area contributed by atoms with Gasteiger partial charge < -0.3 is 9.84 Å². The number of amides is 1. The van der Waals surface area contributed by atoms with Crippen molar-refractivity contribution in [3.05, 3.63) is 35.2 Å². The van der Waals surface area contributed by atoms with E-state index in [1.807, 2.05) is 39.0 Å². The van der Waals surface area contributed by atoms with E-state index in [-0.39, 0.29) is 11.9 Å². The lowest BCUT2D eigenvalue weighted by Crippen LogP contribution is -2.36. The first-order valence-corrected chi connectivity index (χ1v) is 7.06. The molecule has 0 saturated heterocycles. The average Bonchev–Trinajstić information content (AvgIpc) is 2.87. The molecule has 6 heteroatoms. The Labute approximate surface area is 128 Å². The number of benzene rings is 1. The second-order valence-corrected chi connectivity index (χ2v) is 6.29. The van der Waals surface area contributed by atoms with Gasteiger partial charge in [-0.1, -0.05) is 49.7 Å². The summed E-state index contributed by atoms with van der Waals surface area (Å²) in [6.45, 7) is 7.33. The molecule has 0 aliphatic heterocycles. The molecule has 0 aliphatic rings. The number of hydrogen-bond acceptors (Lipinski definition) is 4. The number of carbonyl (C=O) groups excluding carboxylic acids is 1. The fraction of sp³-hybridized carbons (Fsp3) is 0.400. The van der Waals surface area contributed by atoms with Gasteiger partial charge in [-0.05, 0) is 19.1 Å². The monoisotopic (exact) mass is 307 g/mol. The summed E-state index contributed by atoms with van der Waals surface area (Å²) in [5, 5.41) is 7.32. The van der Waals surface area contributed by atoms with Crippen molar-refractivity contribution in [2.75, 3.05) is 0 Å². The van der Waals surface area contributed by atoms with Gasteiger partial charge in [-0.25, -0.2) is 0 Å². The van der Waals surface area contributed by atoms with Crippen molar-refractivity contribution in [1.82, 2.24) is 15.5 Å². The summed E-state index contributed by atoms with van der Waals surface area (Å²) in [6, 6.07) is 6.90. The van der Waals surface area contributed by atoms with Gasteiger partial charge in [0.25, 0.3) is 0 Å². The van der Waals surface area contributed by atoms with E-state index in [1.54, 1.807) is 13.0 Å². The summed E-state index contributed by atoms with van der Waals surface area (Å²) in [5.41, 5.74) is 0.225. The van der Waals surface area contributed by atoms with Crippen LogP contribution in [0.1, 0.15) is 39.6 Å². The Morgan fingerprint density at radius 1 is 1.33 bits per heavy atom. The third-order valence-electron chi connectivity index (χ3n) is 2.96. The van der Waals surface area contributed by atoms with E-state index in [0.717, 1.165) is 0 Å². The largest absolute Gasteiger partial charge is 0.344 e. The summed E-state index contributed by atoms with van der Waals surface area (Å²) in [6.07, 6.45) is 0. The third kappa shape index (κ3) is 3.61. The van der Waals surface area contributed by atoms with Crippen LogP contribution < -0.4 is 5.32 Å². The zero-order chi connectivity index (χ0) is 15.6. The topological polar surface area (TPSA) is 68.0 Å². The zero-order valence-corrected chi connectivity index (χ0v) is 13.2. The molecule has 0 aliphatic carbocycles. The molecular weight excluding hydrogens is 290 g/mol. The molecule has 1 aromatic heterocycles. The predicted molar refractivity (Wildman–Crippen MR) is 80.8 cm³/mol. The van der Waals surface area contributed by atoms with Crippen LogP contribution in [0, 0.1) is 5.41 Å². The van der Waals surface area contributed by atoms with Crippen molar-refractivity contribution in [2.45, 2.75) is 33.7 Å². The van der Waals surface area contributed by atoms with Crippen LogP contribution in [0.3, 0.4) is 0 Å². The van der Waals surface area contributed by atoms with Crippen LogP contribution in [0.4, 0.5) is 0 Å². The minimum Gasteiger partial charge on any atom is -0.344 e. The highest BCUT2D eigenvalue weighted by molar-refractivity contribution is 6.33. The van der Waals surface area contributed by atoms with Crippen molar-refractivity contribution < 1.29 is 9.32 Å². The van der Waals surface area contributed by atoms with Crippen molar-refractivity contribution in [3.8, 4) is 11.4 Å². The van der Waals surface area contributed by atoms with Crippen LogP contribution in [0.15, 0.2) is 28.8 Å². The smallest absolute Gasteiger partial charge is 0.249 e. The van der Waals surface area contributed by atoms with Crippen LogP contribution >= 0.6 is 11.6 Å². The van der Waals surface area contributed by atoms with Crippen molar-refractivity contribution >= 4 is 17.5 Å². The Morgan fingerprint density at radius 2 is 2.00 bits per heavy atom. The molecule has 0 unspecified atom stereocenters. The van der Waals surface area contributed by atoms with E-state index < -0.39 is 5.41 Å². The van der Waals surface area contributed by atoms with Crippen molar-refractivity contribution in [1.29, 1.82) is 0 Å². The van der Waals surface area contributed by atoms with E-state index in [4.69, 9.17) is 16.1 Å². The van der Waals surface area contributed by atoms with Gasteiger partial charge in [0.15, 0.2) is 0 Å². The molecule has 2 aromatic rings.